The van der Waals surface area contributed by atoms with Crippen molar-refractivity contribution in [3.05, 3.63) is 47.7 Å². The molecule has 1 saturated heterocycles. The minimum absolute atomic E-state index is 0.200. The average Bonchev–Trinajstić information content (AvgIpc) is 3.47. The van der Waals surface area contributed by atoms with Crippen LogP contribution in [0.25, 0.3) is 0 Å². The van der Waals surface area contributed by atoms with Crippen molar-refractivity contribution in [2.45, 2.75) is 23.7 Å². The monoisotopic (exact) mass is 380 g/mol. The van der Waals surface area contributed by atoms with E-state index in [1.807, 2.05) is 17.0 Å². The van der Waals surface area contributed by atoms with Gasteiger partial charge in [-0.05, 0) is 37.1 Å². The van der Waals surface area contributed by atoms with Crippen molar-refractivity contribution in [3.8, 4) is 0 Å². The zero-order valence-corrected chi connectivity index (χ0v) is 14.8. The molecule has 2 aliphatic rings. The molecule has 0 amide bonds. The van der Waals surface area contributed by atoms with Gasteiger partial charge in [-0.15, -0.1) is 5.10 Å². The number of rotatable bonds is 4. The molecule has 1 aliphatic carbocycles. The van der Waals surface area contributed by atoms with Gasteiger partial charge in [0, 0.05) is 38.2 Å². The van der Waals surface area contributed by atoms with Gasteiger partial charge >= 0.3 is 0 Å². The third-order valence-electron chi connectivity index (χ3n) is 4.74. The number of halogens is 2. The highest BCUT2D eigenvalue weighted by Crippen LogP contribution is 2.38. The van der Waals surface area contributed by atoms with Gasteiger partial charge in [0.2, 0.25) is 10.0 Å². The predicted molar refractivity (Wildman–Crippen MR) is 91.3 cm³/mol. The molecule has 2 aromatic rings. The molecule has 4 rings (SSSR count). The van der Waals surface area contributed by atoms with Crippen LogP contribution in [-0.4, -0.2) is 49.1 Å². The second kappa shape index (κ2) is 6.55. The molecule has 1 aliphatic heterocycles. The summed E-state index contributed by atoms with van der Waals surface area (Å²) in [6.07, 6.45) is 2.31. The minimum atomic E-state index is -4.00. The van der Waals surface area contributed by atoms with Crippen LogP contribution in [0.4, 0.5) is 14.6 Å². The Balaban J connectivity index is 1.45. The van der Waals surface area contributed by atoms with Gasteiger partial charge < -0.3 is 4.90 Å². The third kappa shape index (κ3) is 3.28. The van der Waals surface area contributed by atoms with E-state index >= 15 is 0 Å². The fourth-order valence-electron chi connectivity index (χ4n) is 3.08. The van der Waals surface area contributed by atoms with Crippen LogP contribution in [0.3, 0.4) is 0 Å². The smallest absolute Gasteiger partial charge is 0.246 e. The molecular weight excluding hydrogens is 362 g/mol. The lowest BCUT2D eigenvalue weighted by Crippen LogP contribution is -2.49. The molecule has 2 heterocycles. The standard InChI is InChI=1S/C17H18F2N4O2S/c18-13-3-5-16(14(19)11-13)26(24,25)23-9-7-22(8-10-23)17-6-4-15(20-21-17)12-1-2-12/h3-6,11-12H,1-2,7-10H2. The van der Waals surface area contributed by atoms with Crippen LogP contribution in [0, 0.1) is 11.6 Å². The maximum Gasteiger partial charge on any atom is 0.246 e. The van der Waals surface area contributed by atoms with E-state index in [9.17, 15) is 17.2 Å². The number of aromatic nitrogens is 2. The summed E-state index contributed by atoms with van der Waals surface area (Å²) in [5.41, 5.74) is 1.00. The van der Waals surface area contributed by atoms with Crippen LogP contribution < -0.4 is 4.90 Å². The van der Waals surface area contributed by atoms with Crippen LogP contribution in [0.5, 0.6) is 0 Å². The summed E-state index contributed by atoms with van der Waals surface area (Å²) in [6, 6.07) is 6.37. The summed E-state index contributed by atoms with van der Waals surface area (Å²) < 4.78 is 53.3. The van der Waals surface area contributed by atoms with E-state index < -0.39 is 26.6 Å². The highest BCUT2D eigenvalue weighted by molar-refractivity contribution is 7.89. The Hall–Kier alpha value is -2.13. The molecule has 26 heavy (non-hydrogen) atoms. The first kappa shape index (κ1) is 17.3. The van der Waals surface area contributed by atoms with Gasteiger partial charge in [-0.25, -0.2) is 17.2 Å². The summed E-state index contributed by atoms with van der Waals surface area (Å²) in [5, 5.41) is 8.48. The molecule has 0 spiro atoms. The van der Waals surface area contributed by atoms with Gasteiger partial charge in [0.1, 0.15) is 16.5 Å². The van der Waals surface area contributed by atoms with Crippen molar-refractivity contribution in [1.82, 2.24) is 14.5 Å². The van der Waals surface area contributed by atoms with Crippen molar-refractivity contribution in [2.24, 2.45) is 0 Å². The van der Waals surface area contributed by atoms with Crippen molar-refractivity contribution < 1.29 is 17.2 Å². The molecular formula is C17H18F2N4O2S. The largest absolute Gasteiger partial charge is 0.352 e. The van der Waals surface area contributed by atoms with Crippen molar-refractivity contribution in [1.29, 1.82) is 0 Å². The number of piperazine rings is 1. The van der Waals surface area contributed by atoms with Crippen molar-refractivity contribution in [2.75, 3.05) is 31.1 Å². The second-order valence-electron chi connectivity index (χ2n) is 6.56. The van der Waals surface area contributed by atoms with E-state index in [1.165, 1.54) is 4.31 Å². The highest BCUT2D eigenvalue weighted by atomic mass is 32.2. The van der Waals surface area contributed by atoms with Gasteiger partial charge in [0.25, 0.3) is 0 Å². The number of sulfonamides is 1. The van der Waals surface area contributed by atoms with Gasteiger partial charge in [-0.2, -0.15) is 9.40 Å². The maximum atomic E-state index is 13.9. The molecule has 6 nitrogen and oxygen atoms in total. The number of benzene rings is 1. The van der Waals surface area contributed by atoms with Gasteiger partial charge in [0.05, 0.1) is 5.69 Å². The van der Waals surface area contributed by atoms with Crippen LogP contribution in [0.15, 0.2) is 35.2 Å². The Morgan fingerprint density at radius 3 is 2.27 bits per heavy atom. The van der Waals surface area contributed by atoms with Gasteiger partial charge in [-0.1, -0.05) is 0 Å². The molecule has 2 fully saturated rings. The van der Waals surface area contributed by atoms with E-state index in [2.05, 4.69) is 10.2 Å². The SMILES string of the molecule is O=S(=O)(c1ccc(F)cc1F)N1CCN(c2ccc(C3CC3)nn2)CC1. The topological polar surface area (TPSA) is 66.4 Å². The van der Waals surface area contributed by atoms with E-state index in [0.717, 1.165) is 30.7 Å². The summed E-state index contributed by atoms with van der Waals surface area (Å²) in [6.45, 7) is 1.26. The quantitative estimate of drug-likeness (QED) is 0.813. The third-order valence-corrected chi connectivity index (χ3v) is 6.67. The van der Waals surface area contributed by atoms with Crippen molar-refractivity contribution >= 4 is 15.8 Å². The van der Waals surface area contributed by atoms with E-state index in [1.54, 1.807) is 0 Å². The first-order valence-electron chi connectivity index (χ1n) is 8.49. The lowest BCUT2D eigenvalue weighted by atomic mass is 10.2. The molecule has 1 aromatic carbocycles. The van der Waals surface area contributed by atoms with Gasteiger partial charge in [0.15, 0.2) is 5.82 Å². The molecule has 1 saturated carbocycles. The molecule has 0 unspecified atom stereocenters. The van der Waals surface area contributed by atoms with E-state index in [-0.39, 0.29) is 13.1 Å². The Bertz CT molecular complexity index is 909. The summed E-state index contributed by atoms with van der Waals surface area (Å²) >= 11 is 0. The number of nitrogens with zero attached hydrogens (tertiary/aromatic N) is 4. The number of hydrogen-bond donors (Lipinski definition) is 0. The first-order chi connectivity index (χ1) is 12.4. The summed E-state index contributed by atoms with van der Waals surface area (Å²) in [5.74, 6) is -0.642. The molecule has 0 N–H and O–H groups in total. The zero-order chi connectivity index (χ0) is 18.3. The number of anilines is 1. The van der Waals surface area contributed by atoms with Gasteiger partial charge in [-0.3, -0.25) is 0 Å². The fourth-order valence-corrected chi connectivity index (χ4v) is 4.55. The van der Waals surface area contributed by atoms with E-state index in [4.69, 9.17) is 0 Å². The number of hydrogen-bond acceptors (Lipinski definition) is 5. The molecule has 0 atom stereocenters. The van der Waals surface area contributed by atoms with Crippen LogP contribution in [0.1, 0.15) is 24.5 Å². The summed E-state index contributed by atoms with van der Waals surface area (Å²) in [7, 11) is -4.00. The normalized spacial score (nSPS) is 18.9. The lowest BCUT2D eigenvalue weighted by molar-refractivity contribution is 0.380. The van der Waals surface area contributed by atoms with E-state index in [0.29, 0.717) is 30.9 Å². The lowest BCUT2D eigenvalue weighted by Gasteiger charge is -2.34. The van der Waals surface area contributed by atoms with Crippen LogP contribution in [-0.2, 0) is 10.0 Å². The Kier molecular flexibility index (Phi) is 4.36. The summed E-state index contributed by atoms with van der Waals surface area (Å²) in [4.78, 5) is 1.46. The molecule has 9 heteroatoms. The van der Waals surface area contributed by atoms with Crippen LogP contribution in [0.2, 0.25) is 0 Å². The molecule has 138 valence electrons. The second-order valence-corrected chi connectivity index (χ2v) is 8.46. The minimum Gasteiger partial charge on any atom is -0.352 e. The Morgan fingerprint density at radius 1 is 0.962 bits per heavy atom. The fraction of sp³-hybridized carbons (Fsp3) is 0.412. The molecule has 0 radical (unpaired) electrons. The van der Waals surface area contributed by atoms with Crippen molar-refractivity contribution in [3.63, 3.8) is 0 Å². The molecule has 0 bridgehead atoms. The Labute approximate surface area is 150 Å². The van der Waals surface area contributed by atoms with Crippen LogP contribution >= 0.6 is 0 Å². The maximum absolute atomic E-state index is 13.9. The zero-order valence-electron chi connectivity index (χ0n) is 14.0. The average molecular weight is 380 g/mol. The Morgan fingerprint density at radius 2 is 1.69 bits per heavy atom. The molecule has 1 aromatic heterocycles. The highest BCUT2D eigenvalue weighted by Gasteiger charge is 2.31. The predicted octanol–water partition coefficient (Wildman–Crippen LogP) is 2.14. The first-order valence-corrected chi connectivity index (χ1v) is 9.93.